The molecule has 2 heterocycles. The predicted molar refractivity (Wildman–Crippen MR) is 230 cm³/mol. The van der Waals surface area contributed by atoms with E-state index < -0.39 is 11.9 Å². The van der Waals surface area contributed by atoms with Gasteiger partial charge in [-0.1, -0.05) is 90.9 Å². The number of thioether (sulfide) groups is 1. The van der Waals surface area contributed by atoms with Gasteiger partial charge in [-0.15, -0.1) is 0 Å². The fourth-order valence-electron chi connectivity index (χ4n) is 6.95. The van der Waals surface area contributed by atoms with Gasteiger partial charge < -0.3 is 19.3 Å². The third kappa shape index (κ3) is 8.64. The number of anilines is 3. The smallest absolute Gasteiger partial charge is 0.330 e. The standard InChI is InChI=1S/C47H44N3O4S2/c1-5-45(51)53-29-27-48-39-31-33(3)17-23-41(39)55-43(48)25-21-35-19-20-36(47(35)50(37-13-9-7-10-14-37)38-15-11-8-12-16-38)22-26-44-49(28-30-54-46(52)6-2)40-32-34(4)18-24-42(40)56-44/h5-18,21-26,31-32H,1-2,19-20,27-30H2,3-4H3/q+1. The van der Waals surface area contributed by atoms with Crippen molar-refractivity contribution < 1.29 is 23.6 Å². The highest BCUT2D eigenvalue weighted by Crippen LogP contribution is 2.47. The summed E-state index contributed by atoms with van der Waals surface area (Å²) in [7, 11) is 0. The van der Waals surface area contributed by atoms with Gasteiger partial charge in [-0.25, -0.2) is 9.59 Å². The minimum absolute atomic E-state index is 0.247. The minimum Gasteiger partial charge on any atom is -0.461 e. The number of carbonyl (C=O) groups excluding carboxylic acids is 2. The number of nitrogens with zero attached hydrogens (tertiary/aromatic N) is 3. The van der Waals surface area contributed by atoms with Gasteiger partial charge in [0.15, 0.2) is 13.2 Å². The normalized spacial score (nSPS) is 15.2. The minimum atomic E-state index is -0.426. The van der Waals surface area contributed by atoms with Gasteiger partial charge in [-0.3, -0.25) is 0 Å². The number of rotatable bonds is 14. The molecule has 0 fully saturated rings. The van der Waals surface area contributed by atoms with Gasteiger partial charge in [-0.05, 0) is 104 Å². The summed E-state index contributed by atoms with van der Waals surface area (Å²) in [6.45, 7) is 12.8. The van der Waals surface area contributed by atoms with Gasteiger partial charge >= 0.3 is 11.9 Å². The summed E-state index contributed by atoms with van der Waals surface area (Å²) >= 11 is 3.45. The van der Waals surface area contributed by atoms with Crippen molar-refractivity contribution in [3.05, 3.63) is 179 Å². The highest BCUT2D eigenvalue weighted by molar-refractivity contribution is 8.03. The maximum absolute atomic E-state index is 11.9. The second-order valence-corrected chi connectivity index (χ2v) is 15.6. The van der Waals surface area contributed by atoms with Crippen LogP contribution in [0.5, 0.6) is 0 Å². The van der Waals surface area contributed by atoms with Crippen LogP contribution in [0.2, 0.25) is 0 Å². The molecule has 9 heteroatoms. The number of esters is 2. The van der Waals surface area contributed by atoms with E-state index in [1.807, 2.05) is 12.1 Å². The average Bonchev–Trinajstić information content (AvgIpc) is 3.89. The summed E-state index contributed by atoms with van der Waals surface area (Å²) in [5.41, 5.74) is 10.3. The summed E-state index contributed by atoms with van der Waals surface area (Å²) in [5.74, 6) is -0.853. The van der Waals surface area contributed by atoms with E-state index in [0.29, 0.717) is 13.1 Å². The topological polar surface area (TPSA) is 63.0 Å². The summed E-state index contributed by atoms with van der Waals surface area (Å²) in [6, 6.07) is 34.0. The van der Waals surface area contributed by atoms with Gasteiger partial charge in [-0.2, -0.15) is 4.57 Å². The number of para-hydroxylation sites is 2. The third-order valence-electron chi connectivity index (χ3n) is 9.60. The molecule has 0 unspecified atom stereocenters. The van der Waals surface area contributed by atoms with Crippen LogP contribution in [0.1, 0.15) is 29.0 Å². The van der Waals surface area contributed by atoms with E-state index in [-0.39, 0.29) is 13.2 Å². The molecule has 0 amide bonds. The lowest BCUT2D eigenvalue weighted by atomic mass is 10.1. The summed E-state index contributed by atoms with van der Waals surface area (Å²) in [5, 5.41) is 2.14. The molecular formula is C47H44N3O4S2+. The molecule has 7 nitrogen and oxygen atoms in total. The number of benzene rings is 4. The van der Waals surface area contributed by atoms with E-state index in [0.717, 1.165) is 51.2 Å². The molecule has 4 aromatic carbocycles. The Balaban J connectivity index is 1.32. The number of hydrogen-bond donors (Lipinski definition) is 0. The molecule has 7 rings (SSSR count). The Morgan fingerprint density at radius 2 is 1.46 bits per heavy atom. The van der Waals surface area contributed by atoms with Crippen molar-refractivity contribution >= 4 is 68.4 Å². The second kappa shape index (κ2) is 17.7. The number of aryl methyl sites for hydroxylation is 2. The molecule has 0 saturated heterocycles. The average molecular weight is 779 g/mol. The second-order valence-electron chi connectivity index (χ2n) is 13.4. The fraction of sp³-hybridized carbons (Fsp3) is 0.170. The zero-order valence-corrected chi connectivity index (χ0v) is 33.3. The van der Waals surface area contributed by atoms with Crippen LogP contribution in [0.3, 0.4) is 0 Å². The Bertz CT molecular complexity index is 2370. The highest BCUT2D eigenvalue weighted by atomic mass is 32.2. The van der Waals surface area contributed by atoms with Crippen LogP contribution < -0.4 is 14.4 Å². The van der Waals surface area contributed by atoms with Gasteiger partial charge in [0.05, 0.1) is 23.0 Å². The maximum atomic E-state index is 11.9. The van der Waals surface area contributed by atoms with E-state index in [1.165, 1.54) is 44.0 Å². The SMILES string of the molecule is C=CC(=O)OCCN1/C(=C/C=C2\CCC(/C=C/c3sc4ccc(C)cc4[n+]3CCOC(=O)C=C)=C2N(c2ccccc2)c2ccccc2)Sc2ccc(C)cc21. The predicted octanol–water partition coefficient (Wildman–Crippen LogP) is 10.5. The van der Waals surface area contributed by atoms with Gasteiger partial charge in [0, 0.05) is 40.6 Å². The molecule has 1 aliphatic heterocycles. The molecule has 0 bridgehead atoms. The van der Waals surface area contributed by atoms with Crippen LogP contribution in [0.15, 0.2) is 167 Å². The molecule has 0 spiro atoms. The van der Waals surface area contributed by atoms with Gasteiger partial charge in [0.2, 0.25) is 5.52 Å². The quantitative estimate of drug-likeness (QED) is 0.0632. The monoisotopic (exact) mass is 778 g/mol. The zero-order valence-electron chi connectivity index (χ0n) is 31.6. The molecule has 1 aromatic heterocycles. The Kier molecular flexibility index (Phi) is 12.1. The lowest BCUT2D eigenvalue weighted by Gasteiger charge is -2.28. The molecule has 0 radical (unpaired) electrons. The van der Waals surface area contributed by atoms with Crippen LogP contribution >= 0.6 is 23.1 Å². The number of ether oxygens (including phenoxy) is 2. The summed E-state index contributed by atoms with van der Waals surface area (Å²) < 4.78 is 14.2. The van der Waals surface area contributed by atoms with E-state index in [4.69, 9.17) is 9.47 Å². The lowest BCUT2D eigenvalue weighted by Crippen LogP contribution is -2.37. The van der Waals surface area contributed by atoms with Crippen LogP contribution in [0.25, 0.3) is 16.3 Å². The van der Waals surface area contributed by atoms with E-state index in [2.05, 4.69) is 151 Å². The first kappa shape index (κ1) is 38.4. The third-order valence-corrected chi connectivity index (χ3v) is 11.9. The van der Waals surface area contributed by atoms with Crippen LogP contribution in [0.4, 0.5) is 17.1 Å². The van der Waals surface area contributed by atoms with Crippen LogP contribution in [-0.2, 0) is 25.6 Å². The first-order valence-electron chi connectivity index (χ1n) is 18.6. The Morgan fingerprint density at radius 3 is 2.16 bits per heavy atom. The maximum Gasteiger partial charge on any atom is 0.330 e. The Hall–Kier alpha value is -5.90. The van der Waals surface area contributed by atoms with E-state index in [1.54, 1.807) is 23.1 Å². The fourth-order valence-corrected chi connectivity index (χ4v) is 9.10. The summed E-state index contributed by atoms with van der Waals surface area (Å²) in [4.78, 5) is 29.6. The lowest BCUT2D eigenvalue weighted by molar-refractivity contribution is -0.669. The van der Waals surface area contributed by atoms with E-state index in [9.17, 15) is 9.59 Å². The van der Waals surface area contributed by atoms with E-state index >= 15 is 0 Å². The number of fused-ring (bicyclic) bond motifs is 2. The first-order valence-corrected chi connectivity index (χ1v) is 20.3. The number of thiazole rings is 1. The first-order chi connectivity index (χ1) is 27.3. The number of allylic oxidation sites excluding steroid dienone is 5. The number of hydrogen-bond acceptors (Lipinski definition) is 8. The summed E-state index contributed by atoms with van der Waals surface area (Å²) in [6.07, 6.45) is 13.0. The molecular weight excluding hydrogens is 735 g/mol. The van der Waals surface area contributed by atoms with Crippen LogP contribution in [-0.4, -0.2) is 31.7 Å². The molecule has 0 atom stereocenters. The van der Waals surface area contributed by atoms with Gasteiger partial charge in [0.1, 0.15) is 11.3 Å². The highest BCUT2D eigenvalue weighted by Gasteiger charge is 2.29. The van der Waals surface area contributed by atoms with Crippen molar-refractivity contribution in [1.29, 1.82) is 0 Å². The molecule has 0 N–H and O–H groups in total. The molecule has 1 aliphatic carbocycles. The Labute approximate surface area is 336 Å². The van der Waals surface area contributed by atoms with Crippen molar-refractivity contribution in [2.24, 2.45) is 0 Å². The van der Waals surface area contributed by atoms with Crippen molar-refractivity contribution in [1.82, 2.24) is 0 Å². The largest absolute Gasteiger partial charge is 0.461 e. The van der Waals surface area contributed by atoms with Crippen molar-refractivity contribution in [3.63, 3.8) is 0 Å². The van der Waals surface area contributed by atoms with Crippen molar-refractivity contribution in [3.8, 4) is 0 Å². The molecule has 5 aromatic rings. The molecule has 0 saturated carbocycles. The van der Waals surface area contributed by atoms with Gasteiger partial charge in [0.25, 0.3) is 5.01 Å². The van der Waals surface area contributed by atoms with Crippen molar-refractivity contribution in [2.75, 3.05) is 29.6 Å². The number of aromatic nitrogens is 1. The Morgan fingerprint density at radius 1 is 0.804 bits per heavy atom. The molecule has 2 aliphatic rings. The zero-order chi connectivity index (χ0) is 39.0. The van der Waals surface area contributed by atoms with Crippen molar-refractivity contribution in [2.45, 2.75) is 38.1 Å². The number of carbonyl (C=O) groups is 2. The molecule has 282 valence electrons. The van der Waals surface area contributed by atoms with Crippen LogP contribution in [0, 0.1) is 13.8 Å². The molecule has 56 heavy (non-hydrogen) atoms.